The third-order valence-electron chi connectivity index (χ3n) is 4.05. The lowest BCUT2D eigenvalue weighted by molar-refractivity contribution is -0.116. The number of aromatic hydroxyl groups is 1. The number of hydrogen-bond acceptors (Lipinski definition) is 7. The number of ether oxygens (including phenoxy) is 1. The minimum atomic E-state index is -3.98. The molecular formula is C19H20N2O7S. The van der Waals surface area contributed by atoms with Crippen LogP contribution in [0, 0.1) is 0 Å². The molecule has 0 aromatic heterocycles. The van der Waals surface area contributed by atoms with Crippen LogP contribution in [0.15, 0.2) is 47.4 Å². The van der Waals surface area contributed by atoms with Gasteiger partial charge in [0.15, 0.2) is 11.5 Å². The van der Waals surface area contributed by atoms with Crippen molar-refractivity contribution < 1.29 is 32.6 Å². The normalized spacial score (nSPS) is 11.2. The monoisotopic (exact) mass is 420 g/mol. The molecule has 0 fully saturated rings. The molecule has 2 N–H and O–H groups in total. The molecule has 0 saturated carbocycles. The van der Waals surface area contributed by atoms with Crippen LogP contribution in [0.3, 0.4) is 0 Å². The van der Waals surface area contributed by atoms with Gasteiger partial charge >= 0.3 is 5.97 Å². The molecule has 0 atom stereocenters. The van der Waals surface area contributed by atoms with Gasteiger partial charge in [0.25, 0.3) is 0 Å². The van der Waals surface area contributed by atoms with Gasteiger partial charge in [0.2, 0.25) is 15.9 Å². The number of carbonyl (C=O) groups is 3. The maximum absolute atomic E-state index is 12.6. The number of ketones is 1. The maximum atomic E-state index is 12.6. The zero-order valence-corrected chi connectivity index (χ0v) is 16.8. The van der Waals surface area contributed by atoms with Gasteiger partial charge < -0.3 is 15.2 Å². The van der Waals surface area contributed by atoms with Crippen LogP contribution in [0.25, 0.3) is 0 Å². The van der Waals surface area contributed by atoms with E-state index in [9.17, 15) is 27.9 Å². The first-order valence-electron chi connectivity index (χ1n) is 8.35. The molecule has 0 radical (unpaired) electrons. The second-order valence-corrected chi connectivity index (χ2v) is 8.13. The number of para-hydroxylation sites is 1. The number of hydrogen-bond donors (Lipinski definition) is 2. The van der Waals surface area contributed by atoms with E-state index in [2.05, 4.69) is 10.1 Å². The van der Waals surface area contributed by atoms with E-state index in [0.29, 0.717) is 5.56 Å². The summed E-state index contributed by atoms with van der Waals surface area (Å²) in [7, 11) is -1.61. The predicted octanol–water partition coefficient (Wildman–Crippen LogP) is 1.64. The number of carbonyl (C=O) groups excluding carboxylic acids is 3. The number of anilines is 1. The summed E-state index contributed by atoms with van der Waals surface area (Å²) in [5.74, 6) is -2.20. The smallest absolute Gasteiger partial charge is 0.341 e. The molecule has 29 heavy (non-hydrogen) atoms. The van der Waals surface area contributed by atoms with E-state index >= 15 is 0 Å². The Kier molecular flexibility index (Phi) is 6.72. The van der Waals surface area contributed by atoms with Crippen molar-refractivity contribution >= 4 is 33.4 Å². The van der Waals surface area contributed by atoms with Crippen molar-refractivity contribution in [1.29, 1.82) is 0 Å². The Balaban J connectivity index is 2.14. The second-order valence-electron chi connectivity index (χ2n) is 6.08. The Labute approximate surface area is 168 Å². The lowest BCUT2D eigenvalue weighted by atomic mass is 10.1. The van der Waals surface area contributed by atoms with E-state index in [-0.39, 0.29) is 21.9 Å². The van der Waals surface area contributed by atoms with Crippen molar-refractivity contribution in [2.24, 2.45) is 0 Å². The number of phenolic OH excluding ortho intramolecular Hbond substituents is 1. The zero-order chi connectivity index (χ0) is 21.8. The summed E-state index contributed by atoms with van der Waals surface area (Å²) in [4.78, 5) is 35.1. The number of likely N-dealkylation sites (N-methyl/N-ethyl adjacent to an activating group) is 1. The third kappa shape index (κ3) is 4.98. The summed E-state index contributed by atoms with van der Waals surface area (Å²) in [6.07, 6.45) is 0. The molecule has 9 nitrogen and oxygen atoms in total. The summed E-state index contributed by atoms with van der Waals surface area (Å²) >= 11 is 0. The van der Waals surface area contributed by atoms with Crippen LogP contribution < -0.4 is 5.32 Å². The van der Waals surface area contributed by atoms with Crippen molar-refractivity contribution in [3.05, 3.63) is 53.6 Å². The zero-order valence-electron chi connectivity index (χ0n) is 16.0. The molecule has 0 unspecified atom stereocenters. The van der Waals surface area contributed by atoms with Crippen molar-refractivity contribution in [1.82, 2.24) is 4.31 Å². The number of Topliss-reactive ketones (excluding diaryl/α,β-unsaturated/α-hetero) is 1. The van der Waals surface area contributed by atoms with E-state index < -0.39 is 34.2 Å². The fraction of sp³-hybridized carbons (Fsp3) is 0.211. The van der Waals surface area contributed by atoms with Crippen molar-refractivity contribution in [3.63, 3.8) is 0 Å². The van der Waals surface area contributed by atoms with Crippen LogP contribution >= 0.6 is 0 Å². The van der Waals surface area contributed by atoms with Gasteiger partial charge in [-0.1, -0.05) is 18.2 Å². The second kappa shape index (κ2) is 8.84. The predicted molar refractivity (Wildman–Crippen MR) is 104 cm³/mol. The standard InChI is InChI=1S/C19H20N2O7S/c1-12(22)13-7-9-14(10-8-13)29(26,27)21(2)11-17(23)20-16-6-4-5-15(18(16)24)19(25)28-3/h4-10,24H,11H2,1-3H3,(H,20,23). The number of phenols is 1. The van der Waals surface area contributed by atoms with Gasteiger partial charge in [-0.05, 0) is 31.2 Å². The summed E-state index contributed by atoms with van der Waals surface area (Å²) in [5.41, 5.74) is 0.164. The van der Waals surface area contributed by atoms with E-state index in [4.69, 9.17) is 0 Å². The van der Waals surface area contributed by atoms with Gasteiger partial charge in [-0.25, -0.2) is 13.2 Å². The number of methoxy groups -OCH3 is 1. The van der Waals surface area contributed by atoms with Crippen molar-refractivity contribution in [2.75, 3.05) is 26.0 Å². The van der Waals surface area contributed by atoms with E-state index in [0.717, 1.165) is 11.4 Å². The summed E-state index contributed by atoms with van der Waals surface area (Å²) in [5, 5.41) is 12.5. The van der Waals surface area contributed by atoms with Crippen LogP contribution in [0.5, 0.6) is 5.75 Å². The summed E-state index contributed by atoms with van der Waals surface area (Å²) < 4.78 is 30.6. The number of benzene rings is 2. The molecule has 10 heteroatoms. The molecule has 0 bridgehead atoms. The molecule has 2 aromatic carbocycles. The molecule has 0 aliphatic heterocycles. The molecule has 0 heterocycles. The molecule has 2 aromatic rings. The SMILES string of the molecule is COC(=O)c1cccc(NC(=O)CN(C)S(=O)(=O)c2ccc(C(C)=O)cc2)c1O. The minimum Gasteiger partial charge on any atom is -0.505 e. The van der Waals surface area contributed by atoms with Crippen LogP contribution in [0.2, 0.25) is 0 Å². The Bertz CT molecular complexity index is 1050. The van der Waals surface area contributed by atoms with Crippen LogP contribution in [-0.4, -0.2) is 56.2 Å². The third-order valence-corrected chi connectivity index (χ3v) is 5.87. The van der Waals surface area contributed by atoms with Gasteiger partial charge in [0.1, 0.15) is 5.56 Å². The first-order valence-corrected chi connectivity index (χ1v) is 9.79. The Morgan fingerprint density at radius 3 is 2.28 bits per heavy atom. The van der Waals surface area contributed by atoms with E-state index in [1.165, 1.54) is 56.4 Å². The number of sulfonamides is 1. The number of nitrogens with one attached hydrogen (secondary N) is 1. The average molecular weight is 420 g/mol. The average Bonchev–Trinajstić information content (AvgIpc) is 2.68. The van der Waals surface area contributed by atoms with Gasteiger partial charge in [0.05, 0.1) is 24.2 Å². The van der Waals surface area contributed by atoms with Crippen molar-refractivity contribution in [2.45, 2.75) is 11.8 Å². The highest BCUT2D eigenvalue weighted by atomic mass is 32.2. The minimum absolute atomic E-state index is 0.0606. The molecule has 0 spiro atoms. The quantitative estimate of drug-likeness (QED) is 0.396. The largest absolute Gasteiger partial charge is 0.505 e. The Morgan fingerprint density at radius 1 is 1.10 bits per heavy atom. The first-order chi connectivity index (χ1) is 13.6. The Morgan fingerprint density at radius 2 is 1.72 bits per heavy atom. The molecular weight excluding hydrogens is 400 g/mol. The molecule has 1 amide bonds. The molecule has 154 valence electrons. The maximum Gasteiger partial charge on any atom is 0.341 e. The molecule has 2 rings (SSSR count). The van der Waals surface area contributed by atoms with Crippen molar-refractivity contribution in [3.8, 4) is 5.75 Å². The van der Waals surface area contributed by atoms with Gasteiger partial charge in [0, 0.05) is 12.6 Å². The highest BCUT2D eigenvalue weighted by Crippen LogP contribution is 2.28. The van der Waals surface area contributed by atoms with E-state index in [1.54, 1.807) is 0 Å². The first kappa shape index (κ1) is 22.1. The van der Waals surface area contributed by atoms with Gasteiger partial charge in [-0.15, -0.1) is 0 Å². The van der Waals surface area contributed by atoms with Gasteiger partial charge in [-0.2, -0.15) is 4.31 Å². The number of amides is 1. The number of esters is 1. The lowest BCUT2D eigenvalue weighted by Gasteiger charge is -2.17. The van der Waals surface area contributed by atoms with E-state index in [1.807, 2.05) is 0 Å². The molecule has 0 aliphatic carbocycles. The Hall–Kier alpha value is -3.24. The number of rotatable bonds is 7. The van der Waals surface area contributed by atoms with Crippen LogP contribution in [-0.2, 0) is 19.6 Å². The topological polar surface area (TPSA) is 130 Å². The van der Waals surface area contributed by atoms with Crippen LogP contribution in [0.4, 0.5) is 5.69 Å². The van der Waals surface area contributed by atoms with Crippen LogP contribution in [0.1, 0.15) is 27.6 Å². The lowest BCUT2D eigenvalue weighted by Crippen LogP contribution is -2.35. The molecule has 0 aliphatic rings. The molecule has 0 saturated heterocycles. The summed E-state index contributed by atoms with van der Waals surface area (Å²) in [6.45, 7) is 0.823. The summed E-state index contributed by atoms with van der Waals surface area (Å²) in [6, 6.07) is 9.45. The van der Waals surface area contributed by atoms with Gasteiger partial charge in [-0.3, -0.25) is 9.59 Å². The fourth-order valence-corrected chi connectivity index (χ4v) is 3.56. The highest BCUT2D eigenvalue weighted by Gasteiger charge is 2.24. The highest BCUT2D eigenvalue weighted by molar-refractivity contribution is 7.89. The fourth-order valence-electron chi connectivity index (χ4n) is 2.44. The number of nitrogens with zero attached hydrogens (tertiary/aromatic N) is 1.